The predicted octanol–water partition coefficient (Wildman–Crippen LogP) is 0.00510. The number of carbonyl (C=O) groups excluding carboxylic acids is 1. The fourth-order valence-electron chi connectivity index (χ4n) is 1.17. The summed E-state index contributed by atoms with van der Waals surface area (Å²) in [5, 5.41) is 18.2. The molecule has 0 radical (unpaired) electrons. The number of esters is 1. The fourth-order valence-corrected chi connectivity index (χ4v) is 2.18. The molecule has 19 heavy (non-hydrogen) atoms. The van der Waals surface area contributed by atoms with Gasteiger partial charge in [0, 0.05) is 0 Å². The number of phenols is 1. The van der Waals surface area contributed by atoms with Crippen LogP contribution in [-0.2, 0) is 19.6 Å². The second-order valence-corrected chi connectivity index (χ2v) is 5.20. The van der Waals surface area contributed by atoms with Crippen LogP contribution in [0.2, 0.25) is 0 Å². The molecule has 0 heterocycles. The number of aromatic hydroxyl groups is 1. The predicted molar refractivity (Wildman–Crippen MR) is 64.5 cm³/mol. The molecule has 0 aliphatic heterocycles. The van der Waals surface area contributed by atoms with Crippen molar-refractivity contribution in [2.24, 2.45) is 0 Å². The van der Waals surface area contributed by atoms with Crippen LogP contribution in [-0.4, -0.2) is 43.4 Å². The number of carbonyl (C=O) groups is 2. The van der Waals surface area contributed by atoms with Gasteiger partial charge in [0.2, 0.25) is 10.0 Å². The minimum absolute atomic E-state index is 0.201. The number of methoxy groups -OCH3 is 1. The molecule has 0 atom stereocenters. The molecule has 0 spiro atoms. The van der Waals surface area contributed by atoms with Gasteiger partial charge in [0.1, 0.15) is 5.75 Å². The normalized spacial score (nSPS) is 10.8. The number of anilines is 1. The molecule has 0 aromatic heterocycles. The van der Waals surface area contributed by atoms with Gasteiger partial charge in [-0.05, 0) is 18.2 Å². The van der Waals surface area contributed by atoms with Gasteiger partial charge in [-0.3, -0.25) is 9.52 Å². The van der Waals surface area contributed by atoms with Gasteiger partial charge in [-0.15, -0.1) is 0 Å². The van der Waals surface area contributed by atoms with Crippen LogP contribution < -0.4 is 4.72 Å². The number of rotatable bonds is 5. The molecule has 9 heteroatoms. The van der Waals surface area contributed by atoms with Crippen LogP contribution in [0.15, 0.2) is 18.2 Å². The number of phenolic OH excluding ortho intramolecular Hbond substituents is 1. The molecule has 0 saturated heterocycles. The number of benzene rings is 1. The summed E-state index contributed by atoms with van der Waals surface area (Å²) in [6.45, 7) is 0. The number of aromatic carboxylic acids is 1. The van der Waals surface area contributed by atoms with Gasteiger partial charge in [-0.1, -0.05) is 0 Å². The molecule has 0 fully saturated rings. The Bertz CT molecular complexity index is 608. The van der Waals surface area contributed by atoms with E-state index in [0.29, 0.717) is 0 Å². The van der Waals surface area contributed by atoms with E-state index in [2.05, 4.69) is 4.74 Å². The molecular formula is C10H11NO7S. The Hall–Kier alpha value is -2.29. The molecule has 0 bridgehead atoms. The number of sulfonamides is 1. The lowest BCUT2D eigenvalue weighted by Crippen LogP contribution is -2.23. The summed E-state index contributed by atoms with van der Waals surface area (Å²) in [7, 11) is -2.99. The average molecular weight is 289 g/mol. The highest BCUT2D eigenvalue weighted by atomic mass is 32.2. The van der Waals surface area contributed by atoms with Gasteiger partial charge in [0.15, 0.2) is 5.75 Å². The zero-order valence-corrected chi connectivity index (χ0v) is 10.6. The van der Waals surface area contributed by atoms with Crippen LogP contribution in [0.5, 0.6) is 5.75 Å². The first-order valence-electron chi connectivity index (χ1n) is 4.89. The number of nitrogens with one attached hydrogen (secondary N) is 1. The molecule has 1 rings (SSSR count). The molecular weight excluding hydrogens is 278 g/mol. The Morgan fingerprint density at radius 1 is 1.37 bits per heavy atom. The zero-order valence-electron chi connectivity index (χ0n) is 9.78. The maximum absolute atomic E-state index is 11.5. The van der Waals surface area contributed by atoms with Crippen molar-refractivity contribution in [1.82, 2.24) is 0 Å². The summed E-state index contributed by atoms with van der Waals surface area (Å²) in [5.74, 6) is -3.70. The largest absolute Gasteiger partial charge is 0.506 e. The van der Waals surface area contributed by atoms with E-state index >= 15 is 0 Å². The summed E-state index contributed by atoms with van der Waals surface area (Å²) >= 11 is 0. The SMILES string of the molecule is COC(=O)CS(=O)(=O)Nc1ccc(C(=O)O)cc1O. The van der Waals surface area contributed by atoms with Gasteiger partial charge in [0.25, 0.3) is 0 Å². The Labute approximate surface area is 108 Å². The third kappa shape index (κ3) is 4.14. The van der Waals surface area contributed by atoms with Gasteiger partial charge >= 0.3 is 11.9 Å². The van der Waals surface area contributed by atoms with Crippen molar-refractivity contribution in [3.05, 3.63) is 23.8 Å². The maximum Gasteiger partial charge on any atom is 0.335 e. The van der Waals surface area contributed by atoms with Gasteiger partial charge in [-0.2, -0.15) is 0 Å². The lowest BCUT2D eigenvalue weighted by Gasteiger charge is -2.09. The standard InChI is InChI=1S/C10H11NO7S/c1-18-9(13)5-19(16,17)11-7-3-2-6(10(14)15)4-8(7)12/h2-4,11-12H,5H2,1H3,(H,14,15). The van der Waals surface area contributed by atoms with Gasteiger partial charge < -0.3 is 14.9 Å². The monoisotopic (exact) mass is 289 g/mol. The van der Waals surface area contributed by atoms with Crippen LogP contribution in [0, 0.1) is 0 Å². The van der Waals surface area contributed by atoms with Crippen LogP contribution in [0.1, 0.15) is 10.4 Å². The molecule has 0 aliphatic rings. The lowest BCUT2D eigenvalue weighted by atomic mass is 10.2. The topological polar surface area (TPSA) is 130 Å². The highest BCUT2D eigenvalue weighted by molar-refractivity contribution is 7.93. The van der Waals surface area contributed by atoms with Crippen molar-refractivity contribution in [2.45, 2.75) is 0 Å². The first kappa shape index (κ1) is 14.8. The van der Waals surface area contributed by atoms with Crippen molar-refractivity contribution in [3.63, 3.8) is 0 Å². The van der Waals surface area contributed by atoms with E-state index < -0.39 is 33.5 Å². The van der Waals surface area contributed by atoms with E-state index in [1.54, 1.807) is 0 Å². The summed E-state index contributed by atoms with van der Waals surface area (Å²) in [6, 6.07) is 3.07. The van der Waals surface area contributed by atoms with Crippen LogP contribution in [0.3, 0.4) is 0 Å². The van der Waals surface area contributed by atoms with Gasteiger partial charge in [0.05, 0.1) is 18.4 Å². The Balaban J connectivity index is 2.94. The fraction of sp³-hybridized carbons (Fsp3) is 0.200. The number of carboxylic acids is 1. The van der Waals surface area contributed by atoms with Crippen LogP contribution in [0.25, 0.3) is 0 Å². The molecule has 0 saturated carbocycles. The molecule has 3 N–H and O–H groups in total. The average Bonchev–Trinajstić information content (AvgIpc) is 2.30. The Morgan fingerprint density at radius 2 is 2.00 bits per heavy atom. The summed E-state index contributed by atoms with van der Waals surface area (Å²) < 4.78 is 29.2. The van der Waals surface area contributed by atoms with Gasteiger partial charge in [-0.25, -0.2) is 13.2 Å². The molecule has 1 aromatic rings. The molecule has 0 aliphatic carbocycles. The quantitative estimate of drug-likeness (QED) is 0.514. The van der Waals surface area contributed by atoms with E-state index in [-0.39, 0.29) is 11.3 Å². The molecule has 0 unspecified atom stereocenters. The third-order valence-electron chi connectivity index (χ3n) is 2.05. The second-order valence-electron chi connectivity index (χ2n) is 3.47. The minimum Gasteiger partial charge on any atom is -0.506 e. The summed E-state index contributed by atoms with van der Waals surface area (Å²) in [6.07, 6.45) is 0. The molecule has 1 aromatic carbocycles. The number of carboxylic acid groups (broad SMARTS) is 1. The van der Waals surface area contributed by atoms with E-state index in [4.69, 9.17) is 5.11 Å². The van der Waals surface area contributed by atoms with E-state index in [1.165, 1.54) is 0 Å². The van der Waals surface area contributed by atoms with Crippen LogP contribution in [0.4, 0.5) is 5.69 Å². The van der Waals surface area contributed by atoms with Crippen molar-refractivity contribution < 1.29 is 33.0 Å². The highest BCUT2D eigenvalue weighted by Crippen LogP contribution is 2.25. The van der Waals surface area contributed by atoms with Crippen molar-refractivity contribution in [1.29, 1.82) is 0 Å². The molecule has 8 nitrogen and oxygen atoms in total. The minimum atomic E-state index is -4.03. The first-order chi connectivity index (χ1) is 8.75. The van der Waals surface area contributed by atoms with Crippen molar-refractivity contribution in [3.8, 4) is 5.75 Å². The first-order valence-corrected chi connectivity index (χ1v) is 6.54. The second kappa shape index (κ2) is 5.57. The Kier molecular flexibility index (Phi) is 4.33. The van der Waals surface area contributed by atoms with E-state index in [1.807, 2.05) is 4.72 Å². The Morgan fingerprint density at radius 3 is 2.47 bits per heavy atom. The summed E-state index contributed by atoms with van der Waals surface area (Å²) in [5.41, 5.74) is -0.428. The van der Waals surface area contributed by atoms with Crippen LogP contribution >= 0.6 is 0 Å². The lowest BCUT2D eigenvalue weighted by molar-refractivity contribution is -0.137. The third-order valence-corrected chi connectivity index (χ3v) is 3.19. The number of ether oxygens (including phenoxy) is 1. The number of hydrogen-bond donors (Lipinski definition) is 3. The summed E-state index contributed by atoms with van der Waals surface area (Å²) in [4.78, 5) is 21.5. The van der Waals surface area contributed by atoms with Crippen molar-refractivity contribution >= 4 is 27.6 Å². The molecule has 104 valence electrons. The van der Waals surface area contributed by atoms with Crippen molar-refractivity contribution in [2.75, 3.05) is 17.6 Å². The van der Waals surface area contributed by atoms with E-state index in [0.717, 1.165) is 25.3 Å². The number of hydrogen-bond acceptors (Lipinski definition) is 6. The smallest absolute Gasteiger partial charge is 0.335 e. The zero-order chi connectivity index (χ0) is 14.6. The molecule has 0 amide bonds. The van der Waals surface area contributed by atoms with E-state index in [9.17, 15) is 23.1 Å². The highest BCUT2D eigenvalue weighted by Gasteiger charge is 2.19. The maximum atomic E-state index is 11.5.